The number of urea groups is 1. The average Bonchev–Trinajstić information content (AvgIpc) is 3.23. The second-order valence-corrected chi connectivity index (χ2v) is 6.78. The summed E-state index contributed by atoms with van der Waals surface area (Å²) in [5.41, 5.74) is 2.56. The normalized spacial score (nSPS) is 16.2. The highest BCUT2D eigenvalue weighted by atomic mass is 16.5. The van der Waals surface area contributed by atoms with Crippen LogP contribution in [-0.4, -0.2) is 36.7 Å². The molecule has 0 saturated carbocycles. The van der Waals surface area contributed by atoms with Crippen LogP contribution in [0.15, 0.2) is 54.7 Å². The van der Waals surface area contributed by atoms with Gasteiger partial charge in [-0.3, -0.25) is 4.98 Å². The molecular formula is C22H23N3O3. The number of benzene rings is 2. The van der Waals surface area contributed by atoms with Gasteiger partial charge < -0.3 is 19.7 Å². The van der Waals surface area contributed by atoms with Crippen molar-refractivity contribution in [3.05, 3.63) is 60.3 Å². The molecule has 1 aliphatic heterocycles. The van der Waals surface area contributed by atoms with E-state index in [1.54, 1.807) is 20.4 Å². The van der Waals surface area contributed by atoms with Crippen LogP contribution in [0.2, 0.25) is 0 Å². The molecule has 1 fully saturated rings. The number of pyridine rings is 1. The average molecular weight is 377 g/mol. The fourth-order valence-corrected chi connectivity index (χ4v) is 3.81. The van der Waals surface area contributed by atoms with E-state index in [-0.39, 0.29) is 12.1 Å². The van der Waals surface area contributed by atoms with Gasteiger partial charge in [0.25, 0.3) is 0 Å². The lowest BCUT2D eigenvalue weighted by atomic mass is 10.0. The number of ether oxygens (including phenoxy) is 2. The third kappa shape index (κ3) is 3.33. The molecule has 2 amide bonds. The van der Waals surface area contributed by atoms with Gasteiger partial charge in [0.2, 0.25) is 0 Å². The molecule has 4 rings (SSSR count). The van der Waals surface area contributed by atoms with Gasteiger partial charge in [-0.05, 0) is 42.7 Å². The van der Waals surface area contributed by atoms with E-state index in [2.05, 4.69) is 10.3 Å². The van der Waals surface area contributed by atoms with E-state index in [0.29, 0.717) is 18.0 Å². The Morgan fingerprint density at radius 2 is 1.93 bits per heavy atom. The molecule has 3 aromatic rings. The molecule has 144 valence electrons. The first-order valence-corrected chi connectivity index (χ1v) is 9.34. The van der Waals surface area contributed by atoms with Crippen LogP contribution in [0.25, 0.3) is 10.9 Å². The molecule has 1 N–H and O–H groups in total. The summed E-state index contributed by atoms with van der Waals surface area (Å²) < 4.78 is 10.7. The highest BCUT2D eigenvalue weighted by Gasteiger charge is 2.31. The summed E-state index contributed by atoms with van der Waals surface area (Å²) in [6.45, 7) is 0.711. The van der Waals surface area contributed by atoms with Gasteiger partial charge in [0.05, 0.1) is 31.5 Å². The van der Waals surface area contributed by atoms with Crippen molar-refractivity contribution in [3.63, 3.8) is 0 Å². The molecule has 1 atom stereocenters. The van der Waals surface area contributed by atoms with E-state index < -0.39 is 0 Å². The minimum atomic E-state index is -0.115. The Morgan fingerprint density at radius 1 is 1.11 bits per heavy atom. The monoisotopic (exact) mass is 377 g/mol. The molecule has 0 aliphatic carbocycles. The Balaban J connectivity index is 1.59. The quantitative estimate of drug-likeness (QED) is 0.720. The van der Waals surface area contributed by atoms with E-state index in [9.17, 15) is 4.79 Å². The van der Waals surface area contributed by atoms with Gasteiger partial charge in [0, 0.05) is 18.1 Å². The van der Waals surface area contributed by atoms with Crippen LogP contribution in [0.3, 0.4) is 0 Å². The maximum absolute atomic E-state index is 13.1. The van der Waals surface area contributed by atoms with Crippen LogP contribution in [0, 0.1) is 0 Å². The van der Waals surface area contributed by atoms with Gasteiger partial charge >= 0.3 is 6.03 Å². The number of amides is 2. The minimum Gasteiger partial charge on any atom is -0.493 e. The second kappa shape index (κ2) is 7.76. The van der Waals surface area contributed by atoms with E-state index in [0.717, 1.165) is 35.0 Å². The zero-order valence-electron chi connectivity index (χ0n) is 16.0. The zero-order chi connectivity index (χ0) is 19.5. The number of methoxy groups -OCH3 is 2. The van der Waals surface area contributed by atoms with Crippen LogP contribution < -0.4 is 14.8 Å². The van der Waals surface area contributed by atoms with E-state index in [4.69, 9.17) is 9.47 Å². The molecule has 1 aliphatic rings. The Kier molecular flexibility index (Phi) is 5.02. The predicted octanol–water partition coefficient (Wildman–Crippen LogP) is 4.62. The Labute approximate surface area is 164 Å². The maximum Gasteiger partial charge on any atom is 0.322 e. The highest BCUT2D eigenvalue weighted by Crippen LogP contribution is 2.37. The van der Waals surface area contributed by atoms with Crippen molar-refractivity contribution in [2.45, 2.75) is 18.9 Å². The van der Waals surface area contributed by atoms with Crippen molar-refractivity contribution in [1.29, 1.82) is 0 Å². The molecule has 28 heavy (non-hydrogen) atoms. The summed E-state index contributed by atoms with van der Waals surface area (Å²) >= 11 is 0. The molecule has 1 saturated heterocycles. The number of para-hydroxylation sites is 1. The lowest BCUT2D eigenvalue weighted by molar-refractivity contribution is 0.207. The third-order valence-electron chi connectivity index (χ3n) is 5.18. The molecule has 1 aromatic heterocycles. The summed E-state index contributed by atoms with van der Waals surface area (Å²) in [6.07, 6.45) is 3.61. The molecule has 2 heterocycles. The summed E-state index contributed by atoms with van der Waals surface area (Å²) in [5.74, 6) is 1.35. The van der Waals surface area contributed by atoms with E-state index in [1.807, 2.05) is 53.4 Å². The van der Waals surface area contributed by atoms with Crippen molar-refractivity contribution >= 4 is 22.6 Å². The van der Waals surface area contributed by atoms with E-state index >= 15 is 0 Å². The third-order valence-corrected chi connectivity index (χ3v) is 5.18. The largest absolute Gasteiger partial charge is 0.493 e. The van der Waals surface area contributed by atoms with Gasteiger partial charge in [-0.25, -0.2) is 4.79 Å². The Bertz CT molecular complexity index is 1000. The molecule has 2 aromatic carbocycles. The number of anilines is 1. The molecule has 6 heteroatoms. The fourth-order valence-electron chi connectivity index (χ4n) is 3.81. The number of nitrogens with one attached hydrogen (secondary N) is 1. The van der Waals surface area contributed by atoms with Crippen LogP contribution in [0.5, 0.6) is 11.5 Å². The van der Waals surface area contributed by atoms with Crippen molar-refractivity contribution < 1.29 is 14.3 Å². The van der Waals surface area contributed by atoms with Gasteiger partial charge in [-0.15, -0.1) is 0 Å². The molecule has 0 spiro atoms. The Hall–Kier alpha value is -3.28. The number of carbonyl (C=O) groups excluding carboxylic acids is 1. The first-order chi connectivity index (χ1) is 13.7. The van der Waals surface area contributed by atoms with Crippen molar-refractivity contribution in [3.8, 4) is 11.5 Å². The lowest BCUT2D eigenvalue weighted by Crippen LogP contribution is -2.34. The Morgan fingerprint density at radius 3 is 2.75 bits per heavy atom. The number of aromatic nitrogens is 1. The van der Waals surface area contributed by atoms with E-state index in [1.165, 1.54) is 0 Å². The summed E-state index contributed by atoms with van der Waals surface area (Å²) in [7, 11) is 3.24. The number of fused-ring (bicyclic) bond motifs is 1. The lowest BCUT2D eigenvalue weighted by Gasteiger charge is -2.26. The minimum absolute atomic E-state index is 0.00254. The van der Waals surface area contributed by atoms with Gasteiger partial charge in [-0.1, -0.05) is 24.3 Å². The molecular weight excluding hydrogens is 354 g/mol. The van der Waals surface area contributed by atoms with Crippen LogP contribution in [0.4, 0.5) is 10.5 Å². The second-order valence-electron chi connectivity index (χ2n) is 6.78. The highest BCUT2D eigenvalue weighted by molar-refractivity contribution is 5.99. The standard InChI is InChI=1S/C22H23N3O3/c1-27-19-11-10-16(14-20(19)28-2)18-9-5-13-25(18)22(26)24-17-8-3-6-15-7-4-12-23-21(15)17/h3-4,6-8,10-12,14,18H,5,9,13H2,1-2H3,(H,24,26). The summed E-state index contributed by atoms with van der Waals surface area (Å²) in [5, 5.41) is 4.04. The number of carbonyl (C=O) groups is 1. The van der Waals surface area contributed by atoms with Crippen LogP contribution in [-0.2, 0) is 0 Å². The topological polar surface area (TPSA) is 63.7 Å². The molecule has 0 bridgehead atoms. The van der Waals surface area contributed by atoms with Crippen molar-refractivity contribution in [2.75, 3.05) is 26.1 Å². The number of likely N-dealkylation sites (tertiary alicyclic amines) is 1. The molecule has 0 radical (unpaired) electrons. The number of hydrogen-bond acceptors (Lipinski definition) is 4. The molecule has 1 unspecified atom stereocenters. The summed E-state index contributed by atoms with van der Waals surface area (Å²) in [4.78, 5) is 19.3. The number of nitrogens with zero attached hydrogens (tertiary/aromatic N) is 2. The van der Waals surface area contributed by atoms with Gasteiger partial charge in [0.1, 0.15) is 0 Å². The smallest absolute Gasteiger partial charge is 0.322 e. The van der Waals surface area contributed by atoms with Crippen molar-refractivity contribution in [1.82, 2.24) is 9.88 Å². The predicted molar refractivity (Wildman–Crippen MR) is 109 cm³/mol. The number of hydrogen-bond donors (Lipinski definition) is 1. The summed E-state index contributed by atoms with van der Waals surface area (Å²) in [6, 6.07) is 15.4. The first-order valence-electron chi connectivity index (χ1n) is 9.34. The van der Waals surface area contributed by atoms with Crippen LogP contribution >= 0.6 is 0 Å². The van der Waals surface area contributed by atoms with Gasteiger partial charge in [-0.2, -0.15) is 0 Å². The van der Waals surface area contributed by atoms with Gasteiger partial charge in [0.15, 0.2) is 11.5 Å². The fraction of sp³-hybridized carbons (Fsp3) is 0.273. The van der Waals surface area contributed by atoms with Crippen LogP contribution in [0.1, 0.15) is 24.4 Å². The maximum atomic E-state index is 13.1. The number of rotatable bonds is 4. The molecule has 6 nitrogen and oxygen atoms in total. The zero-order valence-corrected chi connectivity index (χ0v) is 16.0. The van der Waals surface area contributed by atoms with Crippen molar-refractivity contribution in [2.24, 2.45) is 0 Å². The SMILES string of the molecule is COc1ccc(C2CCCN2C(=O)Nc2cccc3cccnc23)cc1OC. The first kappa shape index (κ1) is 18.1.